The molecule has 0 saturated heterocycles. The topological polar surface area (TPSA) is 114 Å². The largest absolute Gasteiger partial charge is 0.368 e. The van der Waals surface area contributed by atoms with Crippen LogP contribution in [-0.4, -0.2) is 33.3 Å². The Morgan fingerprint density at radius 3 is 2.63 bits per heavy atom. The van der Waals surface area contributed by atoms with Crippen molar-refractivity contribution < 1.29 is 14.0 Å². The van der Waals surface area contributed by atoms with E-state index >= 15 is 0 Å². The zero-order chi connectivity index (χ0) is 19.6. The molecule has 0 aliphatic heterocycles. The summed E-state index contributed by atoms with van der Waals surface area (Å²) in [7, 11) is 0. The minimum atomic E-state index is -0.656. The highest BCUT2D eigenvalue weighted by Gasteiger charge is 2.17. The Bertz CT molecular complexity index is 1020. The first-order chi connectivity index (χ1) is 12.8. The summed E-state index contributed by atoms with van der Waals surface area (Å²) in [6.45, 7) is -0.280. The van der Waals surface area contributed by atoms with Crippen LogP contribution >= 0.6 is 23.2 Å². The van der Waals surface area contributed by atoms with Crippen molar-refractivity contribution in [2.75, 3.05) is 6.54 Å². The number of aromatic amines is 1. The van der Waals surface area contributed by atoms with Gasteiger partial charge < -0.3 is 16.0 Å². The van der Waals surface area contributed by atoms with Crippen LogP contribution in [0.2, 0.25) is 10.2 Å². The van der Waals surface area contributed by atoms with Crippen molar-refractivity contribution in [3.8, 4) is 22.8 Å². The van der Waals surface area contributed by atoms with Gasteiger partial charge in [0.25, 0.3) is 5.91 Å². The Morgan fingerprint density at radius 1 is 1.22 bits per heavy atom. The maximum Gasteiger partial charge on any atom is 0.251 e. The van der Waals surface area contributed by atoms with Crippen molar-refractivity contribution >= 4 is 35.0 Å². The van der Waals surface area contributed by atoms with Gasteiger partial charge in [-0.25, -0.2) is 14.4 Å². The summed E-state index contributed by atoms with van der Waals surface area (Å²) in [6, 6.07) is 7.23. The predicted octanol–water partition coefficient (Wildman–Crippen LogP) is 2.80. The number of carbonyl (C=O) groups is 2. The number of primary amides is 1. The van der Waals surface area contributed by atoms with Crippen molar-refractivity contribution in [1.29, 1.82) is 0 Å². The number of H-pyrrole nitrogens is 1. The molecule has 7 nitrogen and oxygen atoms in total. The van der Waals surface area contributed by atoms with Crippen LogP contribution in [0.3, 0.4) is 0 Å². The van der Waals surface area contributed by atoms with Gasteiger partial charge in [-0.1, -0.05) is 29.3 Å². The van der Waals surface area contributed by atoms with E-state index in [1.807, 2.05) is 0 Å². The molecule has 0 spiro atoms. The highest BCUT2D eigenvalue weighted by Crippen LogP contribution is 2.34. The number of amides is 2. The summed E-state index contributed by atoms with van der Waals surface area (Å²) in [5, 5.41) is 2.81. The summed E-state index contributed by atoms with van der Waals surface area (Å²) >= 11 is 12.5. The molecule has 0 bridgehead atoms. The molecule has 0 radical (unpaired) electrons. The molecule has 2 amide bonds. The van der Waals surface area contributed by atoms with Crippen LogP contribution in [0.5, 0.6) is 0 Å². The molecule has 0 saturated carbocycles. The molecule has 138 valence electrons. The second-order valence-electron chi connectivity index (χ2n) is 5.45. The molecule has 10 heteroatoms. The van der Waals surface area contributed by atoms with Crippen molar-refractivity contribution in [2.45, 2.75) is 0 Å². The van der Waals surface area contributed by atoms with Crippen molar-refractivity contribution in [1.82, 2.24) is 20.3 Å². The molecule has 27 heavy (non-hydrogen) atoms. The molecule has 0 fully saturated rings. The third-order valence-corrected chi connectivity index (χ3v) is 4.13. The van der Waals surface area contributed by atoms with Crippen molar-refractivity contribution in [3.05, 3.63) is 58.1 Å². The SMILES string of the molecule is NC(=O)CNC(=O)c1ccc(-c2nc(-c3ccc(F)cn3)[nH]c2Cl)c(Cl)c1. The van der Waals surface area contributed by atoms with E-state index in [1.54, 1.807) is 6.07 Å². The lowest BCUT2D eigenvalue weighted by Gasteiger charge is -2.06. The molecule has 0 atom stereocenters. The van der Waals surface area contributed by atoms with Gasteiger partial charge in [0, 0.05) is 11.1 Å². The molecular weight excluding hydrogens is 396 g/mol. The maximum atomic E-state index is 13.0. The number of aromatic nitrogens is 3. The normalized spacial score (nSPS) is 10.6. The number of carbonyl (C=O) groups excluding carboxylic acids is 2. The van der Waals surface area contributed by atoms with Crippen molar-refractivity contribution in [2.24, 2.45) is 5.73 Å². The average molecular weight is 408 g/mol. The van der Waals surface area contributed by atoms with Gasteiger partial charge in [0.05, 0.1) is 17.8 Å². The number of nitrogens with one attached hydrogen (secondary N) is 2. The smallest absolute Gasteiger partial charge is 0.251 e. The number of hydrogen-bond donors (Lipinski definition) is 3. The van der Waals surface area contributed by atoms with Gasteiger partial charge in [-0.2, -0.15) is 0 Å². The zero-order valence-electron chi connectivity index (χ0n) is 13.6. The van der Waals surface area contributed by atoms with E-state index in [0.717, 1.165) is 6.20 Å². The molecule has 3 rings (SSSR count). The lowest BCUT2D eigenvalue weighted by atomic mass is 10.1. The van der Waals surface area contributed by atoms with Crippen LogP contribution in [0.1, 0.15) is 10.4 Å². The Labute approximate surface area is 162 Å². The molecule has 0 unspecified atom stereocenters. The second kappa shape index (κ2) is 7.73. The number of hydrogen-bond acceptors (Lipinski definition) is 4. The van der Waals surface area contributed by atoms with E-state index in [-0.39, 0.29) is 22.3 Å². The van der Waals surface area contributed by atoms with E-state index in [1.165, 1.54) is 24.3 Å². The molecule has 2 heterocycles. The maximum absolute atomic E-state index is 13.0. The summed E-state index contributed by atoms with van der Waals surface area (Å²) in [5.74, 6) is -1.28. The lowest BCUT2D eigenvalue weighted by Crippen LogP contribution is -2.33. The van der Waals surface area contributed by atoms with Gasteiger partial charge in [0.15, 0.2) is 5.82 Å². The minimum Gasteiger partial charge on any atom is -0.368 e. The van der Waals surface area contributed by atoms with E-state index in [9.17, 15) is 14.0 Å². The number of pyridine rings is 1. The number of nitrogens with zero attached hydrogens (tertiary/aromatic N) is 2. The van der Waals surface area contributed by atoms with Gasteiger partial charge in [-0.05, 0) is 24.3 Å². The third kappa shape index (κ3) is 4.24. The summed E-state index contributed by atoms with van der Waals surface area (Å²) in [4.78, 5) is 33.9. The molecular formula is C17H12Cl2FN5O2. The number of halogens is 3. The standard InChI is InChI=1S/C17H12Cl2FN5O2/c18-11-5-8(17(27)23-7-13(21)26)1-3-10(11)14-15(19)25-16(24-14)12-4-2-9(20)6-22-12/h1-6H,7H2,(H2,21,26)(H,23,27)(H,24,25). The summed E-state index contributed by atoms with van der Waals surface area (Å²) in [5.41, 5.74) is 6.48. The molecule has 1 aromatic carbocycles. The van der Waals surface area contributed by atoms with Crippen molar-refractivity contribution in [3.63, 3.8) is 0 Å². The Balaban J connectivity index is 1.89. The minimum absolute atomic E-state index is 0.212. The fraction of sp³-hybridized carbons (Fsp3) is 0.0588. The summed E-state index contributed by atoms with van der Waals surface area (Å²) < 4.78 is 13.0. The molecule has 3 aromatic rings. The molecule has 0 aliphatic rings. The predicted molar refractivity (Wildman–Crippen MR) is 98.8 cm³/mol. The van der Waals surface area contributed by atoms with Crippen LogP contribution in [0, 0.1) is 5.82 Å². The quantitative estimate of drug-likeness (QED) is 0.602. The Hall–Kier alpha value is -2.97. The van der Waals surface area contributed by atoms with Gasteiger partial charge in [0.2, 0.25) is 5.91 Å². The fourth-order valence-corrected chi connectivity index (χ4v) is 2.79. The second-order valence-corrected chi connectivity index (χ2v) is 6.24. The monoisotopic (exact) mass is 407 g/mol. The lowest BCUT2D eigenvalue weighted by molar-refractivity contribution is -0.117. The van der Waals surface area contributed by atoms with Crippen LogP contribution in [0.25, 0.3) is 22.8 Å². The number of benzene rings is 1. The zero-order valence-corrected chi connectivity index (χ0v) is 15.1. The molecule has 2 aromatic heterocycles. The van der Waals surface area contributed by atoms with Crippen LogP contribution < -0.4 is 11.1 Å². The van der Waals surface area contributed by atoms with Gasteiger partial charge in [-0.3, -0.25) is 9.59 Å². The van der Waals surface area contributed by atoms with E-state index < -0.39 is 17.6 Å². The van der Waals surface area contributed by atoms with E-state index in [4.69, 9.17) is 28.9 Å². The molecule has 0 aliphatic carbocycles. The van der Waals surface area contributed by atoms with E-state index in [2.05, 4.69) is 20.3 Å². The fourth-order valence-electron chi connectivity index (χ4n) is 2.29. The highest BCUT2D eigenvalue weighted by atomic mass is 35.5. The van der Waals surface area contributed by atoms with Crippen LogP contribution in [-0.2, 0) is 4.79 Å². The van der Waals surface area contributed by atoms with Gasteiger partial charge in [0.1, 0.15) is 22.4 Å². The average Bonchev–Trinajstić information content (AvgIpc) is 3.01. The van der Waals surface area contributed by atoms with Gasteiger partial charge in [-0.15, -0.1) is 0 Å². The number of imidazole rings is 1. The van der Waals surface area contributed by atoms with Crippen LogP contribution in [0.4, 0.5) is 4.39 Å². The molecule has 4 N–H and O–H groups in total. The highest BCUT2D eigenvalue weighted by molar-refractivity contribution is 6.36. The number of rotatable bonds is 5. The Kier molecular flexibility index (Phi) is 5.38. The number of nitrogens with two attached hydrogens (primary N) is 1. The summed E-state index contributed by atoms with van der Waals surface area (Å²) in [6.07, 6.45) is 1.07. The first-order valence-corrected chi connectivity index (χ1v) is 8.34. The first kappa shape index (κ1) is 18.8. The Morgan fingerprint density at radius 2 is 2.00 bits per heavy atom. The van der Waals surface area contributed by atoms with Gasteiger partial charge >= 0.3 is 0 Å². The first-order valence-electron chi connectivity index (χ1n) is 7.59. The van der Waals surface area contributed by atoms with Crippen LogP contribution in [0.15, 0.2) is 36.5 Å². The van der Waals surface area contributed by atoms with E-state index in [0.29, 0.717) is 22.8 Å². The third-order valence-electron chi connectivity index (χ3n) is 3.54.